The van der Waals surface area contributed by atoms with Crippen molar-refractivity contribution in [3.8, 4) is 0 Å². The summed E-state index contributed by atoms with van der Waals surface area (Å²) >= 11 is 0. The van der Waals surface area contributed by atoms with Crippen LogP contribution >= 0.6 is 0 Å². The van der Waals surface area contributed by atoms with Crippen LogP contribution in [0.2, 0.25) is 0 Å². The third-order valence-electron chi connectivity index (χ3n) is 4.62. The first-order chi connectivity index (χ1) is 11.6. The van der Waals surface area contributed by atoms with Gasteiger partial charge in [0, 0.05) is 28.6 Å². The minimum absolute atomic E-state index is 0.120. The molecule has 0 saturated heterocycles. The molecular weight excluding hydrogens is 314 g/mol. The molecule has 1 unspecified atom stereocenters. The largest absolute Gasteiger partial charge is 0.350 e. The standard InChI is InChI=1S/C21H25NO3/c1-13-11-17(23)19(14(2)20(13)25)21(4,5)12-18(24)22-15(3)16-9-7-6-8-10-16/h6-11,15H,12H2,1-5H3,(H,22,24). The van der Waals surface area contributed by atoms with E-state index in [1.54, 1.807) is 13.8 Å². The summed E-state index contributed by atoms with van der Waals surface area (Å²) in [6.45, 7) is 8.89. The minimum Gasteiger partial charge on any atom is -0.350 e. The Bertz CT molecular complexity index is 770. The zero-order valence-corrected chi connectivity index (χ0v) is 15.5. The van der Waals surface area contributed by atoms with Crippen LogP contribution in [0.3, 0.4) is 0 Å². The van der Waals surface area contributed by atoms with Crippen LogP contribution in [0, 0.1) is 5.41 Å². The number of rotatable bonds is 5. The summed E-state index contributed by atoms with van der Waals surface area (Å²) in [4.78, 5) is 37.1. The predicted octanol–water partition coefficient (Wildman–Crippen LogP) is 3.69. The highest BCUT2D eigenvalue weighted by atomic mass is 16.2. The average Bonchev–Trinajstić information content (AvgIpc) is 2.52. The zero-order chi connectivity index (χ0) is 18.8. The van der Waals surface area contributed by atoms with Crippen LogP contribution in [-0.4, -0.2) is 17.5 Å². The number of ketones is 2. The molecule has 1 aromatic carbocycles. The summed E-state index contributed by atoms with van der Waals surface area (Å²) in [7, 11) is 0. The van der Waals surface area contributed by atoms with Crippen LogP contribution < -0.4 is 5.32 Å². The minimum atomic E-state index is -0.714. The lowest BCUT2D eigenvalue weighted by Crippen LogP contribution is -2.35. The van der Waals surface area contributed by atoms with E-state index in [1.807, 2.05) is 51.1 Å². The fourth-order valence-electron chi connectivity index (χ4n) is 3.38. The van der Waals surface area contributed by atoms with Crippen molar-refractivity contribution in [1.82, 2.24) is 5.32 Å². The summed E-state index contributed by atoms with van der Waals surface area (Å²) in [5, 5.41) is 2.97. The summed E-state index contributed by atoms with van der Waals surface area (Å²) in [6, 6.07) is 9.58. The van der Waals surface area contributed by atoms with Crippen LogP contribution in [0.25, 0.3) is 0 Å². The number of carbonyl (C=O) groups is 3. The van der Waals surface area contributed by atoms with E-state index in [0.29, 0.717) is 16.7 Å². The van der Waals surface area contributed by atoms with Gasteiger partial charge in [-0.3, -0.25) is 14.4 Å². The topological polar surface area (TPSA) is 63.2 Å². The van der Waals surface area contributed by atoms with Gasteiger partial charge in [-0.1, -0.05) is 44.2 Å². The van der Waals surface area contributed by atoms with Crippen molar-refractivity contribution < 1.29 is 14.4 Å². The molecule has 1 amide bonds. The van der Waals surface area contributed by atoms with E-state index < -0.39 is 5.41 Å². The van der Waals surface area contributed by atoms with E-state index >= 15 is 0 Å². The van der Waals surface area contributed by atoms with Crippen LogP contribution in [0.4, 0.5) is 0 Å². The molecule has 1 aliphatic carbocycles. The Hall–Kier alpha value is -2.49. The van der Waals surface area contributed by atoms with E-state index in [2.05, 4.69) is 5.32 Å². The van der Waals surface area contributed by atoms with Gasteiger partial charge in [0.2, 0.25) is 5.91 Å². The monoisotopic (exact) mass is 339 g/mol. The number of carbonyl (C=O) groups excluding carboxylic acids is 3. The van der Waals surface area contributed by atoms with Gasteiger partial charge in [-0.25, -0.2) is 0 Å². The molecule has 4 nitrogen and oxygen atoms in total. The van der Waals surface area contributed by atoms with Crippen molar-refractivity contribution in [2.45, 2.75) is 47.1 Å². The first kappa shape index (κ1) is 18.8. The van der Waals surface area contributed by atoms with Crippen molar-refractivity contribution in [2.24, 2.45) is 5.41 Å². The Balaban J connectivity index is 2.14. The average molecular weight is 339 g/mol. The maximum Gasteiger partial charge on any atom is 0.221 e. The molecule has 4 heteroatoms. The Morgan fingerprint density at radius 3 is 2.32 bits per heavy atom. The van der Waals surface area contributed by atoms with E-state index in [9.17, 15) is 14.4 Å². The van der Waals surface area contributed by atoms with Gasteiger partial charge in [0.15, 0.2) is 11.6 Å². The molecule has 0 bridgehead atoms. The second-order valence-corrected chi connectivity index (χ2v) is 7.28. The Kier molecular flexibility index (Phi) is 5.41. The predicted molar refractivity (Wildman–Crippen MR) is 97.9 cm³/mol. The molecule has 0 aromatic heterocycles. The number of hydrogen-bond donors (Lipinski definition) is 1. The molecule has 1 aliphatic rings. The lowest BCUT2D eigenvalue weighted by molar-refractivity contribution is -0.123. The second kappa shape index (κ2) is 7.18. The smallest absolute Gasteiger partial charge is 0.221 e. The molecule has 25 heavy (non-hydrogen) atoms. The fraction of sp³-hybridized carbons (Fsp3) is 0.381. The molecule has 0 saturated carbocycles. The fourth-order valence-corrected chi connectivity index (χ4v) is 3.38. The summed E-state index contributed by atoms with van der Waals surface area (Å²) in [5.74, 6) is -0.447. The summed E-state index contributed by atoms with van der Waals surface area (Å²) in [6.07, 6.45) is 1.51. The molecule has 0 spiro atoms. The Labute approximate surface area is 149 Å². The number of benzene rings is 1. The van der Waals surface area contributed by atoms with Crippen LogP contribution in [-0.2, 0) is 14.4 Å². The van der Waals surface area contributed by atoms with Crippen molar-refractivity contribution >= 4 is 17.5 Å². The first-order valence-electron chi connectivity index (χ1n) is 8.46. The maximum atomic E-state index is 12.5. The second-order valence-electron chi connectivity index (χ2n) is 7.28. The van der Waals surface area contributed by atoms with E-state index in [-0.39, 0.29) is 29.9 Å². The molecular formula is C21H25NO3. The van der Waals surface area contributed by atoms with Crippen molar-refractivity contribution in [1.29, 1.82) is 0 Å². The van der Waals surface area contributed by atoms with Gasteiger partial charge in [0.1, 0.15) is 0 Å². The van der Waals surface area contributed by atoms with E-state index in [1.165, 1.54) is 6.08 Å². The highest BCUT2D eigenvalue weighted by Gasteiger charge is 2.36. The number of allylic oxidation sites excluding steroid dienone is 4. The van der Waals surface area contributed by atoms with Crippen LogP contribution in [0.1, 0.15) is 52.6 Å². The van der Waals surface area contributed by atoms with Gasteiger partial charge in [-0.2, -0.15) is 0 Å². The van der Waals surface area contributed by atoms with E-state index in [0.717, 1.165) is 5.56 Å². The van der Waals surface area contributed by atoms with Crippen molar-refractivity contribution in [3.05, 3.63) is 58.7 Å². The Morgan fingerprint density at radius 1 is 1.12 bits per heavy atom. The number of hydrogen-bond acceptors (Lipinski definition) is 3. The first-order valence-corrected chi connectivity index (χ1v) is 8.46. The normalized spacial score (nSPS) is 16.6. The lowest BCUT2D eigenvalue weighted by atomic mass is 9.73. The van der Waals surface area contributed by atoms with Crippen molar-refractivity contribution in [3.63, 3.8) is 0 Å². The molecule has 132 valence electrons. The zero-order valence-electron chi connectivity index (χ0n) is 15.5. The molecule has 1 atom stereocenters. The highest BCUT2D eigenvalue weighted by molar-refractivity contribution is 6.22. The van der Waals surface area contributed by atoms with Crippen LogP contribution in [0.15, 0.2) is 53.1 Å². The van der Waals surface area contributed by atoms with Gasteiger partial charge in [-0.05, 0) is 32.4 Å². The Morgan fingerprint density at radius 2 is 1.72 bits per heavy atom. The molecule has 0 aliphatic heterocycles. The highest BCUT2D eigenvalue weighted by Crippen LogP contribution is 2.36. The van der Waals surface area contributed by atoms with Gasteiger partial charge in [-0.15, -0.1) is 0 Å². The van der Waals surface area contributed by atoms with Crippen LogP contribution in [0.5, 0.6) is 0 Å². The van der Waals surface area contributed by atoms with Gasteiger partial charge < -0.3 is 5.32 Å². The molecule has 1 aromatic rings. The molecule has 2 rings (SSSR count). The van der Waals surface area contributed by atoms with E-state index in [4.69, 9.17) is 0 Å². The number of Topliss-reactive ketones (excluding diaryl/α,β-unsaturated/α-hetero) is 1. The van der Waals surface area contributed by atoms with Gasteiger partial charge >= 0.3 is 0 Å². The molecule has 1 N–H and O–H groups in total. The lowest BCUT2D eigenvalue weighted by Gasteiger charge is -2.30. The molecule has 0 radical (unpaired) electrons. The third-order valence-corrected chi connectivity index (χ3v) is 4.62. The van der Waals surface area contributed by atoms with Crippen molar-refractivity contribution in [2.75, 3.05) is 0 Å². The number of amides is 1. The number of nitrogens with one attached hydrogen (secondary N) is 1. The van der Waals surface area contributed by atoms with Gasteiger partial charge in [0.25, 0.3) is 0 Å². The van der Waals surface area contributed by atoms with Gasteiger partial charge in [0.05, 0.1) is 6.04 Å². The summed E-state index contributed by atoms with van der Waals surface area (Å²) < 4.78 is 0. The third kappa shape index (κ3) is 4.13. The quantitative estimate of drug-likeness (QED) is 0.832. The summed E-state index contributed by atoms with van der Waals surface area (Å²) in [5.41, 5.74) is 1.63. The molecule has 0 heterocycles. The SMILES string of the molecule is CC1=CC(=O)C(C(C)(C)CC(=O)NC(C)c2ccccc2)=C(C)C1=O. The maximum absolute atomic E-state index is 12.5. The molecule has 0 fully saturated rings.